The molecular weight excluding hydrogens is 236 g/mol. The third-order valence-corrected chi connectivity index (χ3v) is 2.19. The maximum absolute atomic E-state index is 11.6. The molecule has 3 nitrogen and oxygen atoms in total. The number of nitrogens with one attached hydrogen (secondary N) is 2. The minimum absolute atomic E-state index is 0. The first kappa shape index (κ1) is 15.9. The fraction of sp³-hybridized carbons (Fsp3) is 0.462. The van der Waals surface area contributed by atoms with Gasteiger partial charge in [0.25, 0.3) is 0 Å². The first-order valence-corrected chi connectivity index (χ1v) is 5.65. The van der Waals surface area contributed by atoms with Gasteiger partial charge in [-0.2, -0.15) is 0 Å². The van der Waals surface area contributed by atoms with Crippen LogP contribution >= 0.6 is 12.4 Å². The highest BCUT2D eigenvalue weighted by Gasteiger charge is 2.05. The number of halogens is 1. The number of hydrogen-bond donors (Lipinski definition) is 2. The first-order valence-electron chi connectivity index (χ1n) is 5.65. The van der Waals surface area contributed by atoms with Crippen LogP contribution < -0.4 is 10.6 Å². The maximum Gasteiger partial charge on any atom is 0.224 e. The average Bonchev–Trinajstić information content (AvgIpc) is 2.17. The number of hydrogen-bond acceptors (Lipinski definition) is 2. The molecule has 0 aromatic heterocycles. The molecule has 2 N–H and O–H groups in total. The van der Waals surface area contributed by atoms with Crippen LogP contribution in [0.3, 0.4) is 0 Å². The zero-order valence-electron chi connectivity index (χ0n) is 10.6. The van der Waals surface area contributed by atoms with Crippen molar-refractivity contribution in [1.29, 1.82) is 0 Å². The second kappa shape index (κ2) is 8.09. The highest BCUT2D eigenvalue weighted by Crippen LogP contribution is 2.11. The Labute approximate surface area is 109 Å². The van der Waals surface area contributed by atoms with E-state index in [-0.39, 0.29) is 18.3 Å². The van der Waals surface area contributed by atoms with Crippen LogP contribution in [-0.2, 0) is 11.3 Å². The van der Waals surface area contributed by atoms with Crippen LogP contribution in [0.2, 0.25) is 0 Å². The summed E-state index contributed by atoms with van der Waals surface area (Å²) in [7, 11) is 1.91. The van der Waals surface area contributed by atoms with Gasteiger partial charge in [-0.3, -0.25) is 4.79 Å². The van der Waals surface area contributed by atoms with Crippen LogP contribution in [0.25, 0.3) is 0 Å². The summed E-state index contributed by atoms with van der Waals surface area (Å²) >= 11 is 0. The van der Waals surface area contributed by atoms with Crippen LogP contribution in [0.1, 0.15) is 25.8 Å². The number of carbonyl (C=O) groups excluding carboxylic acids is 1. The lowest BCUT2D eigenvalue weighted by Crippen LogP contribution is -2.14. The molecular formula is C13H21ClN2O. The molecule has 0 saturated heterocycles. The number of anilines is 1. The quantitative estimate of drug-likeness (QED) is 0.851. The van der Waals surface area contributed by atoms with Crippen LogP contribution in [0, 0.1) is 5.92 Å². The van der Waals surface area contributed by atoms with Gasteiger partial charge in [0.05, 0.1) is 0 Å². The Bertz CT molecular complexity index is 353. The van der Waals surface area contributed by atoms with Crippen molar-refractivity contribution in [3.05, 3.63) is 29.8 Å². The second-order valence-electron chi connectivity index (χ2n) is 4.38. The van der Waals surface area contributed by atoms with Gasteiger partial charge in [-0.05, 0) is 30.7 Å². The van der Waals surface area contributed by atoms with E-state index in [9.17, 15) is 4.79 Å². The molecule has 0 aliphatic carbocycles. The Morgan fingerprint density at radius 2 is 2.06 bits per heavy atom. The van der Waals surface area contributed by atoms with Gasteiger partial charge < -0.3 is 10.6 Å². The van der Waals surface area contributed by atoms with E-state index in [4.69, 9.17) is 0 Å². The Kier molecular flexibility index (Phi) is 7.59. The largest absolute Gasteiger partial charge is 0.326 e. The predicted molar refractivity (Wildman–Crippen MR) is 74.5 cm³/mol. The summed E-state index contributed by atoms with van der Waals surface area (Å²) in [5.74, 6) is 0.470. The van der Waals surface area contributed by atoms with Crippen molar-refractivity contribution in [2.24, 2.45) is 5.92 Å². The smallest absolute Gasteiger partial charge is 0.224 e. The Hall–Kier alpha value is -1.06. The lowest BCUT2D eigenvalue weighted by atomic mass is 10.1. The minimum Gasteiger partial charge on any atom is -0.326 e. The van der Waals surface area contributed by atoms with Gasteiger partial charge in [-0.25, -0.2) is 0 Å². The normalized spacial score (nSPS) is 9.88. The monoisotopic (exact) mass is 256 g/mol. The van der Waals surface area contributed by atoms with Crippen molar-refractivity contribution in [2.45, 2.75) is 26.8 Å². The van der Waals surface area contributed by atoms with Crippen molar-refractivity contribution in [3.63, 3.8) is 0 Å². The molecule has 0 aliphatic heterocycles. The van der Waals surface area contributed by atoms with Crippen molar-refractivity contribution in [3.8, 4) is 0 Å². The highest BCUT2D eigenvalue weighted by atomic mass is 35.5. The third kappa shape index (κ3) is 6.29. The van der Waals surface area contributed by atoms with Gasteiger partial charge in [-0.1, -0.05) is 26.0 Å². The Morgan fingerprint density at radius 3 is 2.65 bits per heavy atom. The minimum atomic E-state index is 0. The molecule has 0 fully saturated rings. The Morgan fingerprint density at radius 1 is 1.35 bits per heavy atom. The molecule has 0 aliphatic rings. The van der Waals surface area contributed by atoms with E-state index in [0.29, 0.717) is 12.3 Å². The lowest BCUT2D eigenvalue weighted by Gasteiger charge is -2.08. The zero-order valence-corrected chi connectivity index (χ0v) is 11.4. The van der Waals surface area contributed by atoms with E-state index in [1.165, 1.54) is 5.56 Å². The summed E-state index contributed by atoms with van der Waals surface area (Å²) < 4.78 is 0. The van der Waals surface area contributed by atoms with Crippen LogP contribution in [0.4, 0.5) is 5.69 Å². The average molecular weight is 257 g/mol. The van der Waals surface area contributed by atoms with Crippen LogP contribution in [0.15, 0.2) is 24.3 Å². The summed E-state index contributed by atoms with van der Waals surface area (Å²) in [6.07, 6.45) is 0.566. The molecule has 1 amide bonds. The van der Waals surface area contributed by atoms with Crippen LogP contribution in [0.5, 0.6) is 0 Å². The van der Waals surface area contributed by atoms with Gasteiger partial charge in [0.15, 0.2) is 0 Å². The van der Waals surface area contributed by atoms with E-state index in [1.807, 2.05) is 45.2 Å². The van der Waals surface area contributed by atoms with Crippen molar-refractivity contribution < 1.29 is 4.79 Å². The van der Waals surface area contributed by atoms with E-state index < -0.39 is 0 Å². The van der Waals surface area contributed by atoms with E-state index >= 15 is 0 Å². The summed E-state index contributed by atoms with van der Waals surface area (Å²) in [4.78, 5) is 11.6. The molecule has 0 atom stereocenters. The standard InChI is InChI=1S/C13H20N2O.ClH/c1-10(2)7-13(16)15-12-6-4-5-11(8-12)9-14-3;/h4-6,8,10,14H,7,9H2,1-3H3,(H,15,16);1H. The topological polar surface area (TPSA) is 41.1 Å². The molecule has 1 aromatic rings. The molecule has 0 bridgehead atoms. The zero-order chi connectivity index (χ0) is 12.0. The molecule has 1 rings (SSSR count). The summed E-state index contributed by atoms with van der Waals surface area (Å²) in [5, 5.41) is 5.99. The maximum atomic E-state index is 11.6. The van der Waals surface area contributed by atoms with Crippen molar-refractivity contribution >= 4 is 24.0 Å². The Balaban J connectivity index is 0.00000256. The number of carbonyl (C=O) groups is 1. The molecule has 0 saturated carbocycles. The van der Waals surface area contributed by atoms with Crippen LogP contribution in [-0.4, -0.2) is 13.0 Å². The molecule has 0 heterocycles. The summed E-state index contributed by atoms with van der Waals surface area (Å²) in [6.45, 7) is 4.89. The second-order valence-corrected chi connectivity index (χ2v) is 4.38. The fourth-order valence-corrected chi connectivity index (χ4v) is 1.55. The van der Waals surface area contributed by atoms with Gasteiger partial charge in [-0.15, -0.1) is 12.4 Å². The van der Waals surface area contributed by atoms with Gasteiger partial charge >= 0.3 is 0 Å². The molecule has 0 unspecified atom stereocenters. The summed E-state index contributed by atoms with van der Waals surface area (Å²) in [5.41, 5.74) is 2.04. The molecule has 96 valence electrons. The van der Waals surface area contributed by atoms with Crippen molar-refractivity contribution in [2.75, 3.05) is 12.4 Å². The molecule has 17 heavy (non-hydrogen) atoms. The van der Waals surface area contributed by atoms with Crippen molar-refractivity contribution in [1.82, 2.24) is 5.32 Å². The van der Waals surface area contributed by atoms with E-state index in [1.54, 1.807) is 0 Å². The summed E-state index contributed by atoms with van der Waals surface area (Å²) in [6, 6.07) is 7.90. The van der Waals surface area contributed by atoms with E-state index in [0.717, 1.165) is 12.2 Å². The number of rotatable bonds is 5. The molecule has 4 heteroatoms. The van der Waals surface area contributed by atoms with E-state index in [2.05, 4.69) is 10.6 Å². The molecule has 0 spiro atoms. The number of amides is 1. The molecule has 0 radical (unpaired) electrons. The van der Waals surface area contributed by atoms with Gasteiger partial charge in [0.1, 0.15) is 0 Å². The highest BCUT2D eigenvalue weighted by molar-refractivity contribution is 5.90. The molecule has 1 aromatic carbocycles. The predicted octanol–water partition coefficient (Wildman–Crippen LogP) is 2.81. The SMILES string of the molecule is CNCc1cccc(NC(=O)CC(C)C)c1.Cl. The van der Waals surface area contributed by atoms with Gasteiger partial charge in [0.2, 0.25) is 5.91 Å². The number of benzene rings is 1. The fourth-order valence-electron chi connectivity index (χ4n) is 1.55. The van der Waals surface area contributed by atoms with Gasteiger partial charge in [0, 0.05) is 18.7 Å². The lowest BCUT2D eigenvalue weighted by molar-refractivity contribution is -0.116. The first-order chi connectivity index (χ1) is 7.61. The third-order valence-electron chi connectivity index (χ3n) is 2.19.